The Bertz CT molecular complexity index is 1880. The Morgan fingerprint density at radius 2 is 1.59 bits per heavy atom. The first-order chi connectivity index (χ1) is 21.1. The molecule has 44 heavy (non-hydrogen) atoms. The van der Waals surface area contributed by atoms with Gasteiger partial charge in [0.25, 0.3) is 0 Å². The molecule has 1 N–H and O–H groups in total. The van der Waals surface area contributed by atoms with Gasteiger partial charge in [0.15, 0.2) is 5.60 Å². The van der Waals surface area contributed by atoms with Crippen LogP contribution in [0.2, 0.25) is 0 Å². The lowest BCUT2D eigenvalue weighted by molar-refractivity contribution is -0.207. The van der Waals surface area contributed by atoms with Crippen LogP contribution >= 0.6 is 0 Å². The van der Waals surface area contributed by atoms with Gasteiger partial charge < -0.3 is 9.84 Å². The van der Waals surface area contributed by atoms with E-state index in [9.17, 15) is 18.3 Å². The highest BCUT2D eigenvalue weighted by Crippen LogP contribution is 2.46. The van der Waals surface area contributed by atoms with Gasteiger partial charge in [-0.2, -0.15) is 14.0 Å². The predicted molar refractivity (Wildman–Crippen MR) is 144 cm³/mol. The van der Waals surface area contributed by atoms with Crippen LogP contribution in [0.5, 0.6) is 5.75 Å². The highest BCUT2D eigenvalue weighted by Gasteiger charge is 2.58. The maximum absolute atomic E-state index is 15.9. The lowest BCUT2D eigenvalue weighted by Gasteiger charge is -2.35. The van der Waals surface area contributed by atoms with E-state index < -0.39 is 46.8 Å². The number of benzene rings is 3. The van der Waals surface area contributed by atoms with Crippen molar-refractivity contribution in [2.45, 2.75) is 24.7 Å². The summed E-state index contributed by atoms with van der Waals surface area (Å²) in [7, 11) is 0. The number of hydrogen-bond donors (Lipinski definition) is 1. The lowest BCUT2D eigenvalue weighted by atomic mass is 9.84. The molecule has 1 unspecified atom stereocenters. The number of alkyl halides is 2. The third-order valence-electron chi connectivity index (χ3n) is 6.54. The molecule has 5 aromatic rings. The molecule has 2 aromatic heterocycles. The fourth-order valence-corrected chi connectivity index (χ4v) is 4.23. The Labute approximate surface area is 247 Å². The van der Waals surface area contributed by atoms with Crippen molar-refractivity contribution in [3.05, 3.63) is 136 Å². The summed E-state index contributed by atoms with van der Waals surface area (Å²) in [6.07, 6.45) is 2.03. The molecule has 0 aliphatic rings. The van der Waals surface area contributed by atoms with Gasteiger partial charge in [0.2, 0.25) is 0 Å². The van der Waals surface area contributed by atoms with E-state index >= 15 is 8.78 Å². The second-order valence-corrected chi connectivity index (χ2v) is 9.48. The Kier molecular flexibility index (Phi) is 8.33. The molecule has 5 rings (SSSR count). The number of ether oxygens (including phenoxy) is 1. The third-order valence-corrected chi connectivity index (χ3v) is 6.54. The van der Waals surface area contributed by atoms with Crippen molar-refractivity contribution in [3.63, 3.8) is 0 Å². The molecule has 0 aliphatic carbocycles. The molecule has 0 spiro atoms. The fourth-order valence-electron chi connectivity index (χ4n) is 4.23. The molecule has 0 saturated heterocycles. The average Bonchev–Trinajstić information content (AvgIpc) is 3.53. The van der Waals surface area contributed by atoms with Gasteiger partial charge in [0.05, 0.1) is 18.2 Å². The van der Waals surface area contributed by atoms with Crippen LogP contribution < -0.4 is 4.74 Å². The van der Waals surface area contributed by atoms with Crippen molar-refractivity contribution in [2.75, 3.05) is 0 Å². The highest BCUT2D eigenvalue weighted by atomic mass is 19.3. The van der Waals surface area contributed by atoms with E-state index in [1.807, 2.05) is 6.07 Å². The number of nitrogens with zero attached hydrogens (tertiary/aromatic N) is 6. The molecule has 0 aliphatic heterocycles. The average molecular weight is 603 g/mol. The van der Waals surface area contributed by atoms with Crippen LogP contribution in [-0.2, 0) is 24.7 Å². The van der Waals surface area contributed by atoms with Crippen molar-refractivity contribution in [1.29, 1.82) is 5.26 Å². The number of nitriles is 1. The van der Waals surface area contributed by atoms with Crippen LogP contribution in [0.25, 0.3) is 0 Å². The number of aromatic nitrogens is 5. The van der Waals surface area contributed by atoms with Crippen molar-refractivity contribution in [1.82, 2.24) is 25.2 Å². The van der Waals surface area contributed by atoms with Gasteiger partial charge in [-0.05, 0) is 77.2 Å². The fraction of sp³-hybridized carbons (Fsp3) is 0.129. The van der Waals surface area contributed by atoms with Crippen molar-refractivity contribution >= 4 is 0 Å². The first kappa shape index (κ1) is 29.8. The first-order valence-corrected chi connectivity index (χ1v) is 12.8. The number of aliphatic hydroxyl groups is 1. The molecule has 0 bridgehead atoms. The Balaban J connectivity index is 1.32. The molecule has 13 heteroatoms. The van der Waals surface area contributed by atoms with Crippen LogP contribution in [0.15, 0.2) is 85.3 Å². The minimum absolute atomic E-state index is 0.0896. The van der Waals surface area contributed by atoms with Crippen LogP contribution in [0.3, 0.4) is 0 Å². The molecular formula is C31H19F5N6O2. The number of rotatable bonds is 8. The van der Waals surface area contributed by atoms with E-state index in [-0.39, 0.29) is 17.7 Å². The standard InChI is InChI=1S/C31H19F5N6O2/c32-24-7-10-26(28(34)14-24)30(43,18-42-19-39-40-41-42)31(35,36)29-12-6-21(16-38-29)2-1-20-3-8-25(9-4-20)44-17-23-13-22(15-37)5-11-27(23)33/h3-14,16,19,43H,17-18H2. The number of pyridine rings is 1. The van der Waals surface area contributed by atoms with E-state index in [1.54, 1.807) is 24.3 Å². The normalized spacial score (nSPS) is 12.5. The maximum atomic E-state index is 15.9. The molecule has 0 amide bonds. The predicted octanol–water partition coefficient (Wildman–Crippen LogP) is 5.02. The molecule has 220 valence electrons. The van der Waals surface area contributed by atoms with Gasteiger partial charge in [-0.15, -0.1) is 5.10 Å². The van der Waals surface area contributed by atoms with Crippen molar-refractivity contribution < 1.29 is 31.8 Å². The van der Waals surface area contributed by atoms with Crippen LogP contribution in [0.1, 0.15) is 33.5 Å². The molecule has 2 heterocycles. The summed E-state index contributed by atoms with van der Waals surface area (Å²) >= 11 is 0. The summed E-state index contributed by atoms with van der Waals surface area (Å²) in [6, 6.07) is 16.4. The SMILES string of the molecule is N#Cc1ccc(F)c(COc2ccc(C#Cc3ccc(C(F)(F)C(O)(Cn4cnnn4)c4ccc(F)cc4F)nc3)cc2)c1. The Morgan fingerprint density at radius 3 is 2.25 bits per heavy atom. The zero-order valence-electron chi connectivity index (χ0n) is 22.4. The van der Waals surface area contributed by atoms with Crippen molar-refractivity contribution in [3.8, 4) is 23.7 Å². The summed E-state index contributed by atoms with van der Waals surface area (Å²) in [5.41, 5.74) is -3.69. The second-order valence-electron chi connectivity index (χ2n) is 9.48. The van der Waals surface area contributed by atoms with E-state index in [4.69, 9.17) is 10.00 Å². The number of halogens is 5. The van der Waals surface area contributed by atoms with Crippen LogP contribution in [0.4, 0.5) is 22.0 Å². The molecule has 0 radical (unpaired) electrons. The van der Waals surface area contributed by atoms with Gasteiger partial charge in [0, 0.05) is 34.5 Å². The van der Waals surface area contributed by atoms with Gasteiger partial charge in [-0.25, -0.2) is 17.9 Å². The first-order valence-electron chi connectivity index (χ1n) is 12.8. The molecule has 8 nitrogen and oxygen atoms in total. The van der Waals surface area contributed by atoms with Crippen LogP contribution in [-0.4, -0.2) is 30.3 Å². The van der Waals surface area contributed by atoms with Gasteiger partial charge in [-0.1, -0.05) is 11.8 Å². The number of hydrogen-bond acceptors (Lipinski definition) is 7. The van der Waals surface area contributed by atoms with E-state index in [2.05, 4.69) is 32.4 Å². The Hall–Kier alpha value is -5.66. The van der Waals surface area contributed by atoms with Gasteiger partial charge >= 0.3 is 5.92 Å². The molecule has 0 fully saturated rings. The summed E-state index contributed by atoms with van der Waals surface area (Å²) in [5, 5.41) is 30.4. The molecule has 0 saturated carbocycles. The summed E-state index contributed by atoms with van der Waals surface area (Å²) in [6.45, 7) is -1.06. The zero-order valence-corrected chi connectivity index (χ0v) is 22.4. The van der Waals surface area contributed by atoms with Gasteiger partial charge in [0.1, 0.15) is 41.8 Å². The van der Waals surface area contributed by atoms with E-state index in [0.29, 0.717) is 22.9 Å². The third kappa shape index (κ3) is 6.23. The number of tetrazole rings is 1. The van der Waals surface area contributed by atoms with E-state index in [1.165, 1.54) is 24.3 Å². The minimum Gasteiger partial charge on any atom is -0.489 e. The Morgan fingerprint density at radius 1 is 0.864 bits per heavy atom. The monoisotopic (exact) mass is 602 g/mol. The summed E-state index contributed by atoms with van der Waals surface area (Å²) in [5.74, 6) is -1.03. The molecule has 3 aromatic carbocycles. The minimum atomic E-state index is -4.20. The lowest BCUT2D eigenvalue weighted by Crippen LogP contribution is -2.48. The topological polar surface area (TPSA) is 110 Å². The quantitative estimate of drug-likeness (QED) is 0.196. The summed E-state index contributed by atoms with van der Waals surface area (Å²) in [4.78, 5) is 3.78. The van der Waals surface area contributed by atoms with E-state index in [0.717, 1.165) is 35.4 Å². The van der Waals surface area contributed by atoms with Gasteiger partial charge in [-0.3, -0.25) is 4.98 Å². The molecule has 1 atom stereocenters. The van der Waals surface area contributed by atoms with Crippen LogP contribution in [0, 0.1) is 40.6 Å². The maximum Gasteiger partial charge on any atom is 0.323 e. The summed E-state index contributed by atoms with van der Waals surface area (Å²) < 4.78 is 80.3. The second kappa shape index (κ2) is 12.3. The highest BCUT2D eigenvalue weighted by molar-refractivity contribution is 5.44. The smallest absolute Gasteiger partial charge is 0.323 e. The molecular weight excluding hydrogens is 583 g/mol. The zero-order chi connectivity index (χ0) is 31.3. The van der Waals surface area contributed by atoms with Crippen molar-refractivity contribution in [2.24, 2.45) is 0 Å². The largest absolute Gasteiger partial charge is 0.489 e.